The number of nitrogens with zero attached hydrogens (tertiary/aromatic N) is 3. The lowest BCUT2D eigenvalue weighted by Gasteiger charge is -2.16. The molecule has 1 atom stereocenters. The van der Waals surface area contributed by atoms with Crippen LogP contribution in [0.2, 0.25) is 0 Å². The highest BCUT2D eigenvalue weighted by molar-refractivity contribution is 5.15. The molecule has 0 radical (unpaired) electrons. The number of imidazole rings is 1. The van der Waals surface area contributed by atoms with Gasteiger partial charge < -0.3 is 14.5 Å². The summed E-state index contributed by atoms with van der Waals surface area (Å²) in [6.45, 7) is 7.65. The molecule has 1 unspecified atom stereocenters. The summed E-state index contributed by atoms with van der Waals surface area (Å²) in [5, 5.41) is 3.65. The average molecular weight is 288 g/mol. The molecule has 2 heterocycles. The first kappa shape index (κ1) is 15.8. The summed E-state index contributed by atoms with van der Waals surface area (Å²) < 4.78 is 4.44. The second-order valence-electron chi connectivity index (χ2n) is 5.63. The molecular weight excluding hydrogens is 260 g/mol. The number of aryl methyl sites for hydroxylation is 2. The van der Waals surface area contributed by atoms with Crippen LogP contribution in [0.3, 0.4) is 0 Å². The van der Waals surface area contributed by atoms with Crippen LogP contribution in [0, 0.1) is 0 Å². The molecule has 4 heteroatoms. The fraction of sp³-hybridized carbons (Fsp3) is 0.588. The van der Waals surface area contributed by atoms with Gasteiger partial charge in [-0.25, -0.2) is 4.98 Å². The van der Waals surface area contributed by atoms with Gasteiger partial charge in [-0.3, -0.25) is 0 Å². The van der Waals surface area contributed by atoms with Crippen molar-refractivity contribution in [2.24, 2.45) is 0 Å². The van der Waals surface area contributed by atoms with Crippen LogP contribution >= 0.6 is 0 Å². The predicted molar refractivity (Wildman–Crippen MR) is 87.2 cm³/mol. The third-order valence-corrected chi connectivity index (χ3v) is 3.79. The normalized spacial score (nSPS) is 12.7. The average Bonchev–Trinajstić information content (AvgIpc) is 3.15. The maximum Gasteiger partial charge on any atom is 0.0945 e. The monoisotopic (exact) mass is 288 g/mol. The van der Waals surface area contributed by atoms with E-state index in [1.54, 1.807) is 0 Å². The van der Waals surface area contributed by atoms with Gasteiger partial charge in [0.05, 0.1) is 6.33 Å². The minimum Gasteiger partial charge on any atom is -0.354 e. The largest absolute Gasteiger partial charge is 0.354 e. The van der Waals surface area contributed by atoms with E-state index in [2.05, 4.69) is 51.7 Å². The molecule has 21 heavy (non-hydrogen) atoms. The SMILES string of the molecule is CCCNC(CCC)c1ccn(CCCn2ccnc2)c1. The Labute approximate surface area is 128 Å². The van der Waals surface area contributed by atoms with E-state index in [0.29, 0.717) is 6.04 Å². The van der Waals surface area contributed by atoms with E-state index in [1.807, 2.05) is 18.7 Å². The van der Waals surface area contributed by atoms with Crippen molar-refractivity contribution in [3.05, 3.63) is 42.7 Å². The lowest BCUT2D eigenvalue weighted by molar-refractivity contribution is 0.492. The fourth-order valence-corrected chi connectivity index (χ4v) is 2.65. The van der Waals surface area contributed by atoms with E-state index in [4.69, 9.17) is 0 Å². The van der Waals surface area contributed by atoms with E-state index in [0.717, 1.165) is 26.1 Å². The summed E-state index contributed by atoms with van der Waals surface area (Å²) >= 11 is 0. The number of nitrogens with one attached hydrogen (secondary N) is 1. The van der Waals surface area contributed by atoms with Crippen LogP contribution in [0.25, 0.3) is 0 Å². The highest BCUT2D eigenvalue weighted by Crippen LogP contribution is 2.19. The molecule has 0 aromatic carbocycles. The first-order chi connectivity index (χ1) is 10.3. The second-order valence-corrected chi connectivity index (χ2v) is 5.63. The first-order valence-corrected chi connectivity index (χ1v) is 8.18. The van der Waals surface area contributed by atoms with Gasteiger partial charge in [0.15, 0.2) is 0 Å². The molecule has 2 rings (SSSR count). The Bertz CT molecular complexity index is 487. The minimum atomic E-state index is 0.504. The van der Waals surface area contributed by atoms with Crippen molar-refractivity contribution < 1.29 is 0 Å². The number of rotatable bonds is 10. The van der Waals surface area contributed by atoms with E-state index in [1.165, 1.54) is 24.8 Å². The van der Waals surface area contributed by atoms with Crippen LogP contribution in [-0.2, 0) is 13.1 Å². The second kappa shape index (κ2) is 8.67. The van der Waals surface area contributed by atoms with Crippen LogP contribution in [0.5, 0.6) is 0 Å². The molecule has 1 N–H and O–H groups in total. The van der Waals surface area contributed by atoms with Crippen LogP contribution in [0.15, 0.2) is 37.2 Å². The van der Waals surface area contributed by atoms with Crippen LogP contribution in [-0.4, -0.2) is 20.7 Å². The van der Waals surface area contributed by atoms with Crippen molar-refractivity contribution in [2.45, 2.75) is 58.7 Å². The molecule has 0 spiro atoms. The highest BCUT2D eigenvalue weighted by atomic mass is 15.0. The molecule has 0 saturated carbocycles. The maximum absolute atomic E-state index is 4.07. The van der Waals surface area contributed by atoms with Crippen molar-refractivity contribution in [1.29, 1.82) is 0 Å². The molecule has 0 aliphatic carbocycles. The third kappa shape index (κ3) is 5.05. The van der Waals surface area contributed by atoms with Crippen molar-refractivity contribution in [3.63, 3.8) is 0 Å². The van der Waals surface area contributed by atoms with Gasteiger partial charge in [0.2, 0.25) is 0 Å². The van der Waals surface area contributed by atoms with Gasteiger partial charge in [0, 0.05) is 43.9 Å². The van der Waals surface area contributed by atoms with Gasteiger partial charge in [-0.1, -0.05) is 20.3 Å². The molecule has 0 aliphatic heterocycles. The summed E-state index contributed by atoms with van der Waals surface area (Å²) in [4.78, 5) is 4.07. The zero-order valence-corrected chi connectivity index (χ0v) is 13.3. The predicted octanol–water partition coefficient (Wildman–Crippen LogP) is 3.62. The molecule has 116 valence electrons. The Morgan fingerprint density at radius 3 is 2.71 bits per heavy atom. The number of hydrogen-bond acceptors (Lipinski definition) is 2. The quantitative estimate of drug-likeness (QED) is 0.724. The van der Waals surface area contributed by atoms with Gasteiger partial charge >= 0.3 is 0 Å². The zero-order valence-electron chi connectivity index (χ0n) is 13.3. The topological polar surface area (TPSA) is 34.8 Å². The fourth-order valence-electron chi connectivity index (χ4n) is 2.65. The summed E-state index contributed by atoms with van der Waals surface area (Å²) in [6.07, 6.45) is 15.0. The lowest BCUT2D eigenvalue weighted by atomic mass is 10.1. The summed E-state index contributed by atoms with van der Waals surface area (Å²) in [6, 6.07) is 2.77. The summed E-state index contributed by atoms with van der Waals surface area (Å²) in [5.74, 6) is 0. The molecule has 4 nitrogen and oxygen atoms in total. The molecule has 0 bridgehead atoms. The zero-order chi connectivity index (χ0) is 14.9. The van der Waals surface area contributed by atoms with Gasteiger partial charge in [-0.05, 0) is 37.4 Å². The molecule has 0 fully saturated rings. The smallest absolute Gasteiger partial charge is 0.0945 e. The molecule has 2 aromatic rings. The highest BCUT2D eigenvalue weighted by Gasteiger charge is 2.10. The summed E-state index contributed by atoms with van der Waals surface area (Å²) in [7, 11) is 0. The molecular formula is C17H28N4. The van der Waals surface area contributed by atoms with Gasteiger partial charge in [-0.15, -0.1) is 0 Å². The van der Waals surface area contributed by atoms with E-state index in [9.17, 15) is 0 Å². The van der Waals surface area contributed by atoms with Gasteiger partial charge in [0.25, 0.3) is 0 Å². The van der Waals surface area contributed by atoms with E-state index >= 15 is 0 Å². The van der Waals surface area contributed by atoms with E-state index in [-0.39, 0.29) is 0 Å². The van der Waals surface area contributed by atoms with Gasteiger partial charge in [0.1, 0.15) is 0 Å². The Kier molecular flexibility index (Phi) is 6.54. The molecule has 0 aliphatic rings. The lowest BCUT2D eigenvalue weighted by Crippen LogP contribution is -2.21. The van der Waals surface area contributed by atoms with Crippen LogP contribution in [0.4, 0.5) is 0 Å². The maximum atomic E-state index is 4.07. The number of hydrogen-bond donors (Lipinski definition) is 1. The minimum absolute atomic E-state index is 0.504. The van der Waals surface area contributed by atoms with Crippen molar-refractivity contribution in [3.8, 4) is 0 Å². The van der Waals surface area contributed by atoms with E-state index < -0.39 is 0 Å². The molecule has 0 amide bonds. The Morgan fingerprint density at radius 2 is 2.00 bits per heavy atom. The Hall–Kier alpha value is -1.55. The van der Waals surface area contributed by atoms with Crippen LogP contribution in [0.1, 0.15) is 51.1 Å². The molecule has 2 aromatic heterocycles. The number of aromatic nitrogens is 3. The summed E-state index contributed by atoms with van der Waals surface area (Å²) in [5.41, 5.74) is 1.42. The van der Waals surface area contributed by atoms with Gasteiger partial charge in [-0.2, -0.15) is 0 Å². The van der Waals surface area contributed by atoms with Crippen molar-refractivity contribution in [2.75, 3.05) is 6.54 Å². The van der Waals surface area contributed by atoms with Crippen molar-refractivity contribution >= 4 is 0 Å². The van der Waals surface area contributed by atoms with Crippen molar-refractivity contribution in [1.82, 2.24) is 19.4 Å². The Balaban J connectivity index is 1.83. The molecule has 0 saturated heterocycles. The third-order valence-electron chi connectivity index (χ3n) is 3.79. The Morgan fingerprint density at radius 1 is 1.14 bits per heavy atom. The van der Waals surface area contributed by atoms with Crippen LogP contribution < -0.4 is 5.32 Å². The standard InChI is InChI=1S/C17H28N4/c1-3-6-17(19-8-4-2)16-7-12-20(14-16)10-5-11-21-13-9-18-15-21/h7,9,12-15,17,19H,3-6,8,10-11H2,1-2H3. The first-order valence-electron chi connectivity index (χ1n) is 8.18.